The Balaban J connectivity index is 1.38. The highest BCUT2D eigenvalue weighted by atomic mass is 32.1. The van der Waals surface area contributed by atoms with E-state index in [9.17, 15) is 9.59 Å². The molecule has 2 heterocycles. The maximum absolute atomic E-state index is 12.9. The molecular weight excluding hydrogens is 438 g/mol. The lowest BCUT2D eigenvalue weighted by atomic mass is 9.99. The topological polar surface area (TPSA) is 96.4 Å². The van der Waals surface area contributed by atoms with Gasteiger partial charge in [-0.25, -0.2) is 4.79 Å². The lowest BCUT2D eigenvalue weighted by molar-refractivity contribution is 0.102. The number of hydrogen-bond donors (Lipinski definition) is 2. The van der Waals surface area contributed by atoms with Gasteiger partial charge in [-0.15, -0.1) is 10.2 Å². The molecule has 1 unspecified atom stereocenters. The molecule has 0 spiro atoms. The first-order valence-corrected chi connectivity index (χ1v) is 11.8. The summed E-state index contributed by atoms with van der Waals surface area (Å²) in [5.41, 5.74) is 2.49. The van der Waals surface area contributed by atoms with Crippen molar-refractivity contribution in [1.82, 2.24) is 15.1 Å². The number of carbonyl (C=O) groups is 2. The van der Waals surface area contributed by atoms with E-state index in [1.807, 2.05) is 62.4 Å². The Morgan fingerprint density at radius 3 is 2.70 bits per heavy atom. The summed E-state index contributed by atoms with van der Waals surface area (Å²) in [6.45, 7) is 5.62. The van der Waals surface area contributed by atoms with Crippen molar-refractivity contribution < 1.29 is 14.3 Å². The molecule has 1 aromatic heterocycles. The van der Waals surface area contributed by atoms with Crippen LogP contribution in [0.2, 0.25) is 0 Å². The minimum Gasteiger partial charge on any atom is -0.492 e. The number of rotatable bonds is 6. The van der Waals surface area contributed by atoms with E-state index in [1.54, 1.807) is 4.90 Å². The van der Waals surface area contributed by atoms with Crippen LogP contribution >= 0.6 is 11.3 Å². The van der Waals surface area contributed by atoms with Crippen molar-refractivity contribution in [3.05, 3.63) is 64.1 Å². The van der Waals surface area contributed by atoms with Gasteiger partial charge in [-0.2, -0.15) is 0 Å². The van der Waals surface area contributed by atoms with E-state index in [4.69, 9.17) is 4.74 Å². The van der Waals surface area contributed by atoms with Crippen molar-refractivity contribution in [2.45, 2.75) is 32.6 Å². The summed E-state index contributed by atoms with van der Waals surface area (Å²) in [7, 11) is 0. The molecule has 3 aromatic rings. The molecule has 0 bridgehead atoms. The van der Waals surface area contributed by atoms with Crippen LogP contribution in [0.3, 0.4) is 0 Å². The number of aryl methyl sites for hydroxylation is 1. The van der Waals surface area contributed by atoms with Gasteiger partial charge in [0.15, 0.2) is 0 Å². The molecule has 1 atom stereocenters. The molecule has 2 N–H and O–H groups in total. The number of piperidine rings is 1. The summed E-state index contributed by atoms with van der Waals surface area (Å²) >= 11 is 1.28. The van der Waals surface area contributed by atoms with Crippen LogP contribution in [0.1, 0.15) is 46.1 Å². The van der Waals surface area contributed by atoms with Gasteiger partial charge in [-0.1, -0.05) is 41.2 Å². The number of likely N-dealkylation sites (tertiary alicyclic amines) is 1. The number of para-hydroxylation sites is 2. The molecular formula is C24H27N5O3S. The van der Waals surface area contributed by atoms with Crippen LogP contribution in [0.15, 0.2) is 48.5 Å². The van der Waals surface area contributed by atoms with Gasteiger partial charge in [-0.3, -0.25) is 4.79 Å². The average molecular weight is 466 g/mol. The van der Waals surface area contributed by atoms with Gasteiger partial charge in [0.2, 0.25) is 5.01 Å². The van der Waals surface area contributed by atoms with Crippen LogP contribution in [0.4, 0.5) is 16.2 Å². The van der Waals surface area contributed by atoms with E-state index in [2.05, 4.69) is 20.8 Å². The standard InChI is InChI=1S/C24H27N5O3S/c1-3-32-20-9-5-4-8-19(20)26-24(31)29-14-6-7-17(15-29)22-27-28-23(33-22)21(30)25-18-12-10-16(2)11-13-18/h4-5,8-13,17H,3,6-7,14-15H2,1-2H3,(H,25,30)(H,26,31). The highest BCUT2D eigenvalue weighted by Gasteiger charge is 2.28. The van der Waals surface area contributed by atoms with Crippen molar-refractivity contribution in [2.75, 3.05) is 30.3 Å². The van der Waals surface area contributed by atoms with Gasteiger partial charge in [0.25, 0.3) is 5.91 Å². The monoisotopic (exact) mass is 465 g/mol. The third-order valence-electron chi connectivity index (χ3n) is 5.43. The second-order valence-corrected chi connectivity index (χ2v) is 8.92. The van der Waals surface area contributed by atoms with Gasteiger partial charge in [0.1, 0.15) is 10.8 Å². The number of ether oxygens (including phenoxy) is 1. The van der Waals surface area contributed by atoms with Crippen LogP contribution in [-0.4, -0.2) is 46.7 Å². The number of carbonyl (C=O) groups excluding carboxylic acids is 2. The molecule has 172 valence electrons. The van der Waals surface area contributed by atoms with Gasteiger partial charge < -0.3 is 20.3 Å². The van der Waals surface area contributed by atoms with Crippen molar-refractivity contribution in [3.63, 3.8) is 0 Å². The Kier molecular flexibility index (Phi) is 7.19. The molecule has 0 aliphatic carbocycles. The normalized spacial score (nSPS) is 15.7. The largest absolute Gasteiger partial charge is 0.492 e. The van der Waals surface area contributed by atoms with E-state index in [0.29, 0.717) is 36.1 Å². The van der Waals surface area contributed by atoms with Crippen LogP contribution in [0.5, 0.6) is 5.75 Å². The van der Waals surface area contributed by atoms with Crippen molar-refractivity contribution in [3.8, 4) is 5.75 Å². The van der Waals surface area contributed by atoms with Gasteiger partial charge in [0, 0.05) is 24.7 Å². The predicted molar refractivity (Wildman–Crippen MR) is 129 cm³/mol. The van der Waals surface area contributed by atoms with Gasteiger partial charge in [0.05, 0.1) is 12.3 Å². The molecule has 1 aliphatic rings. The molecule has 0 saturated carbocycles. The molecule has 33 heavy (non-hydrogen) atoms. The lowest BCUT2D eigenvalue weighted by Crippen LogP contribution is -2.41. The summed E-state index contributed by atoms with van der Waals surface area (Å²) in [6, 6.07) is 14.8. The molecule has 9 heteroatoms. The molecule has 1 fully saturated rings. The number of anilines is 2. The zero-order valence-corrected chi connectivity index (χ0v) is 19.5. The number of benzene rings is 2. The third kappa shape index (κ3) is 5.67. The molecule has 8 nitrogen and oxygen atoms in total. The Hall–Kier alpha value is -3.46. The Morgan fingerprint density at radius 2 is 1.91 bits per heavy atom. The smallest absolute Gasteiger partial charge is 0.321 e. The minimum atomic E-state index is -0.277. The molecule has 4 rings (SSSR count). The number of hydrogen-bond acceptors (Lipinski definition) is 6. The molecule has 1 aliphatic heterocycles. The van der Waals surface area contributed by atoms with Crippen LogP contribution < -0.4 is 15.4 Å². The zero-order chi connectivity index (χ0) is 23.2. The minimum absolute atomic E-state index is 0.0464. The summed E-state index contributed by atoms with van der Waals surface area (Å²) in [6.07, 6.45) is 1.75. The Bertz CT molecular complexity index is 1120. The summed E-state index contributed by atoms with van der Waals surface area (Å²) < 4.78 is 5.60. The highest BCUT2D eigenvalue weighted by Crippen LogP contribution is 2.30. The lowest BCUT2D eigenvalue weighted by Gasteiger charge is -2.31. The van der Waals surface area contributed by atoms with E-state index in [0.717, 1.165) is 29.1 Å². The summed E-state index contributed by atoms with van der Waals surface area (Å²) in [5, 5.41) is 15.3. The fourth-order valence-corrected chi connectivity index (χ4v) is 4.59. The first kappa shape index (κ1) is 22.7. The fraction of sp³-hybridized carbons (Fsp3) is 0.333. The third-order valence-corrected chi connectivity index (χ3v) is 6.52. The van der Waals surface area contributed by atoms with Crippen molar-refractivity contribution >= 4 is 34.6 Å². The summed E-state index contributed by atoms with van der Waals surface area (Å²) in [4.78, 5) is 27.3. The van der Waals surface area contributed by atoms with E-state index >= 15 is 0 Å². The predicted octanol–water partition coefficient (Wildman–Crippen LogP) is 4.91. The number of nitrogens with one attached hydrogen (secondary N) is 2. The van der Waals surface area contributed by atoms with E-state index < -0.39 is 0 Å². The molecule has 1 saturated heterocycles. The van der Waals surface area contributed by atoms with E-state index in [-0.39, 0.29) is 17.9 Å². The SMILES string of the molecule is CCOc1ccccc1NC(=O)N1CCCC(c2nnc(C(=O)Nc3ccc(C)cc3)s2)C1. The first-order chi connectivity index (χ1) is 16.0. The summed E-state index contributed by atoms with van der Waals surface area (Å²) in [5.74, 6) is 0.417. The fourth-order valence-electron chi connectivity index (χ4n) is 3.72. The first-order valence-electron chi connectivity index (χ1n) is 11.0. The number of urea groups is 1. The number of nitrogens with zero attached hydrogens (tertiary/aromatic N) is 3. The van der Waals surface area contributed by atoms with Crippen molar-refractivity contribution in [2.24, 2.45) is 0 Å². The van der Waals surface area contributed by atoms with E-state index in [1.165, 1.54) is 11.3 Å². The second kappa shape index (κ2) is 10.4. The molecule has 0 radical (unpaired) electrons. The van der Waals surface area contributed by atoms with Gasteiger partial charge >= 0.3 is 6.03 Å². The van der Waals surface area contributed by atoms with Crippen molar-refractivity contribution in [1.29, 1.82) is 0 Å². The van der Waals surface area contributed by atoms with Crippen LogP contribution in [-0.2, 0) is 0 Å². The Morgan fingerprint density at radius 1 is 1.12 bits per heavy atom. The molecule has 3 amide bonds. The average Bonchev–Trinajstić information content (AvgIpc) is 3.33. The number of amides is 3. The molecule has 2 aromatic carbocycles. The Labute approximate surface area is 197 Å². The van der Waals surface area contributed by atoms with Crippen LogP contribution in [0.25, 0.3) is 0 Å². The zero-order valence-electron chi connectivity index (χ0n) is 18.7. The maximum Gasteiger partial charge on any atom is 0.321 e. The van der Waals surface area contributed by atoms with Crippen LogP contribution in [0, 0.1) is 6.92 Å². The number of aromatic nitrogens is 2. The second-order valence-electron chi connectivity index (χ2n) is 7.91. The van der Waals surface area contributed by atoms with Gasteiger partial charge in [-0.05, 0) is 51.0 Å². The maximum atomic E-state index is 12.9. The quantitative estimate of drug-likeness (QED) is 0.539. The highest BCUT2D eigenvalue weighted by molar-refractivity contribution is 7.13.